The third-order valence-electron chi connectivity index (χ3n) is 5.43. The van der Waals surface area contributed by atoms with Crippen molar-refractivity contribution in [3.05, 3.63) is 80.7 Å². The molecule has 0 fully saturated rings. The van der Waals surface area contributed by atoms with E-state index < -0.39 is 23.2 Å². The quantitative estimate of drug-likeness (QED) is 0.603. The number of aryl methyl sites for hydroxylation is 1. The van der Waals surface area contributed by atoms with Crippen LogP contribution in [0.5, 0.6) is 5.75 Å². The molecule has 1 aliphatic rings. The Labute approximate surface area is 197 Å². The normalized spacial score (nSPS) is 12.6. The molecule has 0 radical (unpaired) electrons. The van der Waals surface area contributed by atoms with Gasteiger partial charge >= 0.3 is 6.03 Å². The van der Waals surface area contributed by atoms with E-state index in [-0.39, 0.29) is 35.5 Å². The molecule has 8 nitrogen and oxygen atoms in total. The van der Waals surface area contributed by atoms with Crippen LogP contribution >= 0.6 is 11.6 Å². The lowest BCUT2D eigenvalue weighted by Gasteiger charge is -2.17. The molecule has 0 aliphatic carbocycles. The second-order valence-electron chi connectivity index (χ2n) is 7.66. The number of nitrogens with zero attached hydrogens (tertiary/aromatic N) is 3. The molecule has 34 heavy (non-hydrogen) atoms. The van der Waals surface area contributed by atoms with Crippen LogP contribution in [-0.4, -0.2) is 23.2 Å². The topological polar surface area (TPSA) is 97.9 Å². The Balaban J connectivity index is 1.70. The summed E-state index contributed by atoms with van der Waals surface area (Å²) in [5.74, 6) is -1.73. The molecule has 0 saturated carbocycles. The standard InChI is InChI=1S/C23H19ClF2N4O4/c1-12-7-20(34-10-14-3-4-15(25)8-17(14)26)21(24)22(32)30(12)16-5-6-18-19(9-16)29(23(27)33)11-28(18)13(2)31/h3-9H,10-11H2,1-2H3,(H2,27,33). The summed E-state index contributed by atoms with van der Waals surface area (Å²) >= 11 is 6.26. The SMILES string of the molecule is CC(=O)N1CN(C(N)=O)c2cc(-n3c(C)cc(OCc4ccc(F)cc4F)c(Cl)c3=O)ccc21. The van der Waals surface area contributed by atoms with Gasteiger partial charge in [0.15, 0.2) is 0 Å². The Hall–Kier alpha value is -3.92. The summed E-state index contributed by atoms with van der Waals surface area (Å²) < 4.78 is 33.8. The molecule has 0 spiro atoms. The highest BCUT2D eigenvalue weighted by atomic mass is 35.5. The minimum atomic E-state index is -0.780. The van der Waals surface area contributed by atoms with Gasteiger partial charge in [-0.25, -0.2) is 13.6 Å². The fourth-order valence-electron chi connectivity index (χ4n) is 3.75. The van der Waals surface area contributed by atoms with Gasteiger partial charge in [0.2, 0.25) is 5.91 Å². The van der Waals surface area contributed by atoms with Crippen LogP contribution < -0.4 is 25.8 Å². The highest BCUT2D eigenvalue weighted by Crippen LogP contribution is 2.38. The summed E-state index contributed by atoms with van der Waals surface area (Å²) in [4.78, 5) is 39.5. The molecule has 0 atom stereocenters. The molecule has 2 aromatic carbocycles. The Kier molecular flexibility index (Phi) is 6.01. The van der Waals surface area contributed by atoms with Gasteiger partial charge in [-0.15, -0.1) is 0 Å². The van der Waals surface area contributed by atoms with Crippen molar-refractivity contribution >= 4 is 34.9 Å². The van der Waals surface area contributed by atoms with Gasteiger partial charge < -0.3 is 10.5 Å². The molecule has 4 rings (SSSR count). The molecule has 2 heterocycles. The number of anilines is 2. The highest BCUT2D eigenvalue weighted by Gasteiger charge is 2.32. The van der Waals surface area contributed by atoms with Crippen molar-refractivity contribution in [2.45, 2.75) is 20.5 Å². The van der Waals surface area contributed by atoms with E-state index in [9.17, 15) is 23.2 Å². The Morgan fingerprint density at radius 1 is 1.09 bits per heavy atom. The first-order valence-electron chi connectivity index (χ1n) is 10.1. The molecule has 1 aromatic heterocycles. The number of rotatable bonds is 4. The first kappa shape index (κ1) is 23.2. The molecule has 3 amide bonds. The number of carbonyl (C=O) groups is 2. The fourth-order valence-corrected chi connectivity index (χ4v) is 3.94. The molecular formula is C23H19ClF2N4O4. The third-order valence-corrected chi connectivity index (χ3v) is 5.77. The highest BCUT2D eigenvalue weighted by molar-refractivity contribution is 6.31. The van der Waals surface area contributed by atoms with E-state index in [4.69, 9.17) is 22.1 Å². The second kappa shape index (κ2) is 8.79. The van der Waals surface area contributed by atoms with Gasteiger partial charge in [-0.2, -0.15) is 0 Å². The van der Waals surface area contributed by atoms with Crippen molar-refractivity contribution in [2.75, 3.05) is 16.5 Å². The van der Waals surface area contributed by atoms with Crippen LogP contribution in [0, 0.1) is 18.6 Å². The summed E-state index contributed by atoms with van der Waals surface area (Å²) in [6, 6.07) is 8.61. The number of fused-ring (bicyclic) bond motifs is 1. The fraction of sp³-hybridized carbons (Fsp3) is 0.174. The van der Waals surface area contributed by atoms with Crippen LogP contribution in [0.3, 0.4) is 0 Å². The first-order chi connectivity index (χ1) is 16.1. The van der Waals surface area contributed by atoms with Crippen molar-refractivity contribution in [3.63, 3.8) is 0 Å². The van der Waals surface area contributed by atoms with Crippen molar-refractivity contribution in [1.82, 2.24) is 4.57 Å². The van der Waals surface area contributed by atoms with E-state index in [1.165, 1.54) is 33.4 Å². The number of nitrogens with two attached hydrogens (primary N) is 1. The van der Waals surface area contributed by atoms with Crippen LogP contribution in [0.2, 0.25) is 5.02 Å². The minimum absolute atomic E-state index is 0.0341. The Morgan fingerprint density at radius 3 is 2.47 bits per heavy atom. The first-order valence-corrected chi connectivity index (χ1v) is 10.4. The molecular weight excluding hydrogens is 470 g/mol. The summed E-state index contributed by atoms with van der Waals surface area (Å²) in [5.41, 5.74) is 6.63. The molecule has 11 heteroatoms. The zero-order chi connectivity index (χ0) is 24.7. The van der Waals surface area contributed by atoms with Crippen LogP contribution in [0.1, 0.15) is 18.2 Å². The van der Waals surface area contributed by atoms with Gasteiger partial charge in [0.05, 0.1) is 17.1 Å². The molecule has 1 aliphatic heterocycles. The summed E-state index contributed by atoms with van der Waals surface area (Å²) in [6.45, 7) is 2.71. The maximum atomic E-state index is 13.9. The van der Waals surface area contributed by atoms with Crippen molar-refractivity contribution in [2.24, 2.45) is 5.73 Å². The van der Waals surface area contributed by atoms with Crippen molar-refractivity contribution < 1.29 is 23.1 Å². The van der Waals surface area contributed by atoms with Gasteiger partial charge in [-0.3, -0.25) is 24.0 Å². The van der Waals surface area contributed by atoms with E-state index in [1.807, 2.05) is 0 Å². The number of urea groups is 1. The van der Waals surface area contributed by atoms with Crippen LogP contribution in [0.4, 0.5) is 25.0 Å². The monoisotopic (exact) mass is 488 g/mol. The number of hydrogen-bond donors (Lipinski definition) is 1. The van der Waals surface area contributed by atoms with E-state index >= 15 is 0 Å². The number of halogens is 3. The number of ether oxygens (including phenoxy) is 1. The molecule has 0 saturated heterocycles. The lowest BCUT2D eigenvalue weighted by Crippen LogP contribution is -2.40. The smallest absolute Gasteiger partial charge is 0.320 e. The lowest BCUT2D eigenvalue weighted by atomic mass is 10.2. The summed E-state index contributed by atoms with van der Waals surface area (Å²) in [7, 11) is 0. The predicted octanol–water partition coefficient (Wildman–Crippen LogP) is 3.87. The largest absolute Gasteiger partial charge is 0.487 e. The average molecular weight is 489 g/mol. The molecule has 0 unspecified atom stereocenters. The number of pyridine rings is 1. The van der Waals surface area contributed by atoms with Crippen LogP contribution in [0.15, 0.2) is 47.3 Å². The van der Waals surface area contributed by atoms with Crippen molar-refractivity contribution in [1.29, 1.82) is 0 Å². The van der Waals surface area contributed by atoms with Gasteiger partial charge in [0, 0.05) is 30.3 Å². The number of aromatic nitrogens is 1. The summed E-state index contributed by atoms with van der Waals surface area (Å²) in [5, 5.41) is -0.245. The molecule has 2 N–H and O–H groups in total. The lowest BCUT2D eigenvalue weighted by molar-refractivity contribution is -0.116. The number of amides is 3. The zero-order valence-corrected chi connectivity index (χ0v) is 18.9. The van der Waals surface area contributed by atoms with E-state index in [2.05, 4.69) is 0 Å². The maximum absolute atomic E-state index is 13.9. The molecule has 3 aromatic rings. The van der Waals surface area contributed by atoms with Crippen LogP contribution in [0.25, 0.3) is 5.69 Å². The van der Waals surface area contributed by atoms with Crippen molar-refractivity contribution in [3.8, 4) is 11.4 Å². The number of benzene rings is 2. The van der Waals surface area contributed by atoms with Crippen LogP contribution in [-0.2, 0) is 11.4 Å². The maximum Gasteiger partial charge on any atom is 0.320 e. The molecule has 0 bridgehead atoms. The summed E-state index contributed by atoms with van der Waals surface area (Å²) in [6.07, 6.45) is 0. The minimum Gasteiger partial charge on any atom is -0.487 e. The Morgan fingerprint density at radius 2 is 1.82 bits per heavy atom. The van der Waals surface area contributed by atoms with E-state index in [0.29, 0.717) is 22.8 Å². The van der Waals surface area contributed by atoms with Gasteiger partial charge in [0.1, 0.15) is 35.7 Å². The van der Waals surface area contributed by atoms with Gasteiger partial charge in [-0.05, 0) is 37.3 Å². The van der Waals surface area contributed by atoms with E-state index in [0.717, 1.165) is 12.1 Å². The molecule has 176 valence electrons. The number of primary amides is 1. The zero-order valence-electron chi connectivity index (χ0n) is 18.1. The second-order valence-corrected chi connectivity index (χ2v) is 8.03. The third kappa shape index (κ3) is 4.08. The number of hydrogen-bond acceptors (Lipinski definition) is 4. The average Bonchev–Trinajstić information content (AvgIpc) is 3.16. The number of carbonyl (C=O) groups excluding carboxylic acids is 2. The van der Waals surface area contributed by atoms with Gasteiger partial charge in [0.25, 0.3) is 5.56 Å². The predicted molar refractivity (Wildman–Crippen MR) is 123 cm³/mol. The Bertz CT molecular complexity index is 1390. The van der Waals surface area contributed by atoms with E-state index in [1.54, 1.807) is 25.1 Å². The van der Waals surface area contributed by atoms with Gasteiger partial charge in [-0.1, -0.05) is 11.6 Å².